The maximum Gasteiger partial charge on any atom is 0.410 e. The number of rotatable bonds is 5. The monoisotopic (exact) mass is 537 g/mol. The molecule has 7 nitrogen and oxygen atoms in total. The van der Waals surface area contributed by atoms with E-state index in [2.05, 4.69) is 34.4 Å². The number of ether oxygens (including phenoxy) is 1. The summed E-state index contributed by atoms with van der Waals surface area (Å²) in [5.41, 5.74) is -0.341. The number of likely N-dealkylation sites (tertiary alicyclic amines) is 2. The van der Waals surface area contributed by atoms with Gasteiger partial charge in [-0.3, -0.25) is 9.89 Å². The van der Waals surface area contributed by atoms with E-state index >= 15 is 0 Å². The predicted octanol–water partition coefficient (Wildman–Crippen LogP) is 3.68. The van der Waals surface area contributed by atoms with Gasteiger partial charge in [0.2, 0.25) is 0 Å². The Morgan fingerprint density at radius 1 is 1.03 bits per heavy atom. The molecular weight excluding hydrogens is 493 g/mol. The fraction of sp³-hybridized carbons (Fsp3) is 0.909. The van der Waals surface area contributed by atoms with E-state index in [0.29, 0.717) is 5.92 Å². The van der Waals surface area contributed by atoms with Crippen LogP contribution in [0.15, 0.2) is 4.99 Å². The zero-order chi connectivity index (χ0) is 21.5. The second-order valence-electron chi connectivity index (χ2n) is 10.1. The molecule has 2 aliphatic rings. The number of piperidine rings is 2. The van der Waals surface area contributed by atoms with E-state index in [1.807, 2.05) is 32.7 Å². The Labute approximate surface area is 200 Å². The number of guanidine groups is 1. The molecule has 0 saturated carbocycles. The van der Waals surface area contributed by atoms with Crippen molar-refractivity contribution in [3.8, 4) is 0 Å². The number of carbonyl (C=O) groups is 1. The molecule has 0 aromatic carbocycles. The predicted molar refractivity (Wildman–Crippen MR) is 135 cm³/mol. The van der Waals surface area contributed by atoms with E-state index in [0.717, 1.165) is 45.0 Å². The summed E-state index contributed by atoms with van der Waals surface area (Å²) in [4.78, 5) is 21.2. The summed E-state index contributed by atoms with van der Waals surface area (Å²) in [6, 6.07) is 0. The van der Waals surface area contributed by atoms with Gasteiger partial charge in [0.05, 0.1) is 0 Å². The molecule has 0 bridgehead atoms. The minimum absolute atomic E-state index is 0. The highest BCUT2D eigenvalue weighted by Gasteiger charge is 2.29. The lowest BCUT2D eigenvalue weighted by molar-refractivity contribution is 0.0168. The molecule has 2 saturated heterocycles. The molecule has 0 aliphatic carbocycles. The second kappa shape index (κ2) is 12.3. The minimum atomic E-state index is -0.449. The summed E-state index contributed by atoms with van der Waals surface area (Å²) in [7, 11) is 1.82. The highest BCUT2D eigenvalue weighted by Crippen LogP contribution is 2.20. The average molecular weight is 538 g/mol. The number of nitrogens with zero attached hydrogens (tertiary/aromatic N) is 3. The maximum atomic E-state index is 12.4. The SMILES string of the molecule is CN=C(NCC1CCCN(C(=O)OC(C)(C)C)C1)NCC(C)(C)N1CCCCC1.I. The maximum absolute atomic E-state index is 12.4. The summed E-state index contributed by atoms with van der Waals surface area (Å²) in [6.07, 6.45) is 5.87. The first-order valence-corrected chi connectivity index (χ1v) is 11.3. The van der Waals surface area contributed by atoms with Crippen molar-refractivity contribution < 1.29 is 9.53 Å². The van der Waals surface area contributed by atoms with Crippen LogP contribution in [0.3, 0.4) is 0 Å². The highest BCUT2D eigenvalue weighted by atomic mass is 127. The average Bonchev–Trinajstić information content (AvgIpc) is 2.68. The molecule has 2 N–H and O–H groups in total. The molecule has 0 radical (unpaired) electrons. The van der Waals surface area contributed by atoms with Crippen LogP contribution in [0.1, 0.15) is 66.7 Å². The number of aliphatic imine (C=N–C) groups is 1. The Hall–Kier alpha value is -0.770. The number of hydrogen-bond acceptors (Lipinski definition) is 4. The van der Waals surface area contributed by atoms with Gasteiger partial charge in [-0.2, -0.15) is 0 Å². The summed E-state index contributed by atoms with van der Waals surface area (Å²) in [5, 5.41) is 6.97. The fourth-order valence-corrected chi connectivity index (χ4v) is 4.10. The Morgan fingerprint density at radius 2 is 1.70 bits per heavy atom. The van der Waals surface area contributed by atoms with Gasteiger partial charge in [0.1, 0.15) is 5.60 Å². The zero-order valence-electron chi connectivity index (χ0n) is 19.9. The molecule has 2 rings (SSSR count). The van der Waals surface area contributed by atoms with Gasteiger partial charge in [-0.1, -0.05) is 6.42 Å². The standard InChI is InChI=1S/C22H43N5O2.HI/c1-21(2,3)29-20(28)26-12-10-11-18(16-26)15-24-19(23-6)25-17-22(4,5)27-13-8-7-9-14-27;/h18H,7-17H2,1-6H3,(H2,23,24,25);1H. The van der Waals surface area contributed by atoms with E-state index in [1.165, 1.54) is 32.4 Å². The van der Waals surface area contributed by atoms with Crippen LogP contribution in [0.5, 0.6) is 0 Å². The van der Waals surface area contributed by atoms with E-state index in [-0.39, 0.29) is 35.6 Å². The van der Waals surface area contributed by atoms with Gasteiger partial charge in [-0.05, 0) is 79.3 Å². The lowest BCUT2D eigenvalue weighted by Crippen LogP contribution is -2.55. The van der Waals surface area contributed by atoms with Crippen LogP contribution >= 0.6 is 24.0 Å². The van der Waals surface area contributed by atoms with Crippen LogP contribution in [-0.2, 0) is 4.74 Å². The van der Waals surface area contributed by atoms with Crippen molar-refractivity contribution in [2.75, 3.05) is 46.3 Å². The van der Waals surface area contributed by atoms with E-state index in [4.69, 9.17) is 4.74 Å². The molecule has 2 aliphatic heterocycles. The van der Waals surface area contributed by atoms with Crippen molar-refractivity contribution >= 4 is 36.0 Å². The normalized spacial score (nSPS) is 21.6. The molecule has 1 amide bonds. The number of hydrogen-bond donors (Lipinski definition) is 2. The molecular formula is C22H44IN5O2. The number of nitrogens with one attached hydrogen (secondary N) is 2. The fourth-order valence-electron chi connectivity index (χ4n) is 4.10. The molecule has 30 heavy (non-hydrogen) atoms. The van der Waals surface area contributed by atoms with Crippen molar-refractivity contribution in [1.82, 2.24) is 20.4 Å². The largest absolute Gasteiger partial charge is 0.444 e. The Morgan fingerprint density at radius 3 is 2.30 bits per heavy atom. The highest BCUT2D eigenvalue weighted by molar-refractivity contribution is 14.0. The zero-order valence-corrected chi connectivity index (χ0v) is 22.3. The van der Waals surface area contributed by atoms with Gasteiger partial charge in [-0.15, -0.1) is 24.0 Å². The topological polar surface area (TPSA) is 69.2 Å². The Bertz CT molecular complexity index is 556. The van der Waals surface area contributed by atoms with Gasteiger partial charge in [0, 0.05) is 38.8 Å². The van der Waals surface area contributed by atoms with Gasteiger partial charge in [0.25, 0.3) is 0 Å². The third kappa shape index (κ3) is 9.16. The van der Waals surface area contributed by atoms with Gasteiger partial charge in [-0.25, -0.2) is 4.79 Å². The minimum Gasteiger partial charge on any atom is -0.444 e. The van der Waals surface area contributed by atoms with Gasteiger partial charge >= 0.3 is 6.09 Å². The lowest BCUT2D eigenvalue weighted by Gasteiger charge is -2.41. The van der Waals surface area contributed by atoms with Crippen LogP contribution in [0.2, 0.25) is 0 Å². The lowest BCUT2D eigenvalue weighted by atomic mass is 9.98. The molecule has 0 aromatic rings. The molecule has 2 heterocycles. The van der Waals surface area contributed by atoms with Gasteiger partial charge in [0.15, 0.2) is 5.96 Å². The van der Waals surface area contributed by atoms with Crippen molar-refractivity contribution in [1.29, 1.82) is 0 Å². The second-order valence-corrected chi connectivity index (χ2v) is 10.1. The third-order valence-electron chi connectivity index (χ3n) is 5.85. The van der Waals surface area contributed by atoms with Crippen LogP contribution in [-0.4, -0.2) is 79.3 Å². The molecule has 1 unspecified atom stereocenters. The van der Waals surface area contributed by atoms with E-state index in [9.17, 15) is 4.79 Å². The van der Waals surface area contributed by atoms with Crippen molar-refractivity contribution in [2.45, 2.75) is 77.9 Å². The Kier molecular flexibility index (Phi) is 11.2. The smallest absolute Gasteiger partial charge is 0.410 e. The first kappa shape index (κ1) is 27.3. The summed E-state index contributed by atoms with van der Waals surface area (Å²) in [5.74, 6) is 1.24. The first-order chi connectivity index (χ1) is 13.6. The molecule has 0 spiro atoms. The van der Waals surface area contributed by atoms with Crippen LogP contribution in [0, 0.1) is 5.92 Å². The van der Waals surface area contributed by atoms with Gasteiger partial charge < -0.3 is 20.3 Å². The van der Waals surface area contributed by atoms with E-state index in [1.54, 1.807) is 0 Å². The summed E-state index contributed by atoms with van der Waals surface area (Å²) < 4.78 is 5.53. The summed E-state index contributed by atoms with van der Waals surface area (Å²) in [6.45, 7) is 15.9. The molecule has 2 fully saturated rings. The number of halogens is 1. The first-order valence-electron chi connectivity index (χ1n) is 11.3. The van der Waals surface area contributed by atoms with Crippen molar-refractivity contribution in [3.05, 3.63) is 0 Å². The van der Waals surface area contributed by atoms with Crippen molar-refractivity contribution in [2.24, 2.45) is 10.9 Å². The Balaban J connectivity index is 0.00000450. The van der Waals surface area contributed by atoms with E-state index < -0.39 is 5.60 Å². The number of carbonyl (C=O) groups excluding carboxylic acids is 1. The quantitative estimate of drug-likeness (QED) is 0.318. The number of amides is 1. The van der Waals surface area contributed by atoms with Crippen LogP contribution < -0.4 is 10.6 Å². The molecule has 176 valence electrons. The van der Waals surface area contributed by atoms with Crippen LogP contribution in [0.25, 0.3) is 0 Å². The van der Waals surface area contributed by atoms with Crippen LogP contribution in [0.4, 0.5) is 4.79 Å². The third-order valence-corrected chi connectivity index (χ3v) is 5.85. The molecule has 1 atom stereocenters. The molecule has 0 aromatic heterocycles. The molecule has 8 heteroatoms. The van der Waals surface area contributed by atoms with Crippen molar-refractivity contribution in [3.63, 3.8) is 0 Å². The summed E-state index contributed by atoms with van der Waals surface area (Å²) >= 11 is 0.